The fraction of sp³-hybridized carbons (Fsp3) is 0.0435. The first-order valence-electron chi connectivity index (χ1n) is 9.39. The lowest BCUT2D eigenvalue weighted by molar-refractivity contribution is -0.118. The summed E-state index contributed by atoms with van der Waals surface area (Å²) in [5.74, 6) is -0.227. The van der Waals surface area contributed by atoms with Crippen molar-refractivity contribution in [1.29, 1.82) is 0 Å². The first kappa shape index (κ1) is 21.0. The second-order valence-corrected chi connectivity index (χ2v) is 8.38. The lowest BCUT2D eigenvalue weighted by Gasteiger charge is -2.13. The van der Waals surface area contributed by atoms with Crippen LogP contribution in [0.2, 0.25) is 0 Å². The van der Waals surface area contributed by atoms with Crippen molar-refractivity contribution >= 4 is 50.7 Å². The summed E-state index contributed by atoms with van der Waals surface area (Å²) in [6.45, 7) is 0. The van der Waals surface area contributed by atoms with E-state index in [1.807, 2.05) is 66.7 Å². The SMILES string of the molecule is O=C(CSc1nc2ccccc2c(=O)n1-c1ccc(Br)cc1)NN=Cc1ccccc1. The van der Waals surface area contributed by atoms with Crippen molar-refractivity contribution in [1.82, 2.24) is 15.0 Å². The summed E-state index contributed by atoms with van der Waals surface area (Å²) in [6, 6.07) is 24.0. The summed E-state index contributed by atoms with van der Waals surface area (Å²) in [5, 5.41) is 4.94. The van der Waals surface area contributed by atoms with Crippen LogP contribution in [0.5, 0.6) is 0 Å². The number of benzene rings is 3. The number of fused-ring (bicyclic) bond motifs is 1. The molecule has 1 amide bonds. The minimum Gasteiger partial charge on any atom is -0.272 e. The molecule has 1 heterocycles. The minimum atomic E-state index is -0.290. The number of nitrogens with zero attached hydrogens (tertiary/aromatic N) is 3. The van der Waals surface area contributed by atoms with Gasteiger partial charge in [0.25, 0.3) is 11.5 Å². The second-order valence-electron chi connectivity index (χ2n) is 6.52. The molecule has 0 bridgehead atoms. The van der Waals surface area contributed by atoms with Crippen LogP contribution >= 0.6 is 27.7 Å². The van der Waals surface area contributed by atoms with Gasteiger partial charge in [0.15, 0.2) is 5.16 Å². The second kappa shape index (κ2) is 9.72. The average Bonchev–Trinajstić information content (AvgIpc) is 2.79. The molecule has 4 aromatic rings. The molecule has 0 aliphatic heterocycles. The Balaban J connectivity index is 1.58. The summed E-state index contributed by atoms with van der Waals surface area (Å²) in [4.78, 5) is 30.1. The highest BCUT2D eigenvalue weighted by molar-refractivity contribution is 9.10. The third-order valence-corrected chi connectivity index (χ3v) is 5.83. The molecular formula is C23H17BrN4O2S. The van der Waals surface area contributed by atoms with Crippen LogP contribution in [-0.4, -0.2) is 27.4 Å². The Morgan fingerprint density at radius 3 is 2.52 bits per heavy atom. The van der Waals surface area contributed by atoms with Gasteiger partial charge < -0.3 is 0 Å². The van der Waals surface area contributed by atoms with Crippen LogP contribution < -0.4 is 11.0 Å². The number of hydrazone groups is 1. The summed E-state index contributed by atoms with van der Waals surface area (Å²) < 4.78 is 2.43. The molecule has 6 nitrogen and oxygen atoms in total. The lowest BCUT2D eigenvalue weighted by atomic mass is 10.2. The Hall–Kier alpha value is -3.23. The Labute approximate surface area is 191 Å². The number of nitrogens with one attached hydrogen (secondary N) is 1. The molecular weight excluding hydrogens is 476 g/mol. The first-order chi connectivity index (χ1) is 15.1. The van der Waals surface area contributed by atoms with Crippen LogP contribution in [0.3, 0.4) is 0 Å². The van der Waals surface area contributed by atoms with Gasteiger partial charge in [-0.05, 0) is 42.0 Å². The van der Waals surface area contributed by atoms with Crippen LogP contribution in [0.4, 0.5) is 0 Å². The highest BCUT2D eigenvalue weighted by atomic mass is 79.9. The molecule has 31 heavy (non-hydrogen) atoms. The van der Waals surface area contributed by atoms with E-state index in [0.717, 1.165) is 10.0 Å². The molecule has 0 spiro atoms. The fourth-order valence-corrected chi connectivity index (χ4v) is 3.98. The zero-order chi connectivity index (χ0) is 21.6. The van der Waals surface area contributed by atoms with Gasteiger partial charge in [-0.2, -0.15) is 5.10 Å². The van der Waals surface area contributed by atoms with Gasteiger partial charge in [0.2, 0.25) is 0 Å². The Morgan fingerprint density at radius 1 is 1.03 bits per heavy atom. The van der Waals surface area contributed by atoms with Gasteiger partial charge in [-0.3, -0.25) is 14.2 Å². The average molecular weight is 493 g/mol. The molecule has 0 aliphatic carbocycles. The number of aromatic nitrogens is 2. The van der Waals surface area contributed by atoms with Crippen molar-refractivity contribution in [3.63, 3.8) is 0 Å². The van der Waals surface area contributed by atoms with Gasteiger partial charge in [-0.15, -0.1) is 0 Å². The number of hydrogen-bond acceptors (Lipinski definition) is 5. The summed E-state index contributed by atoms with van der Waals surface area (Å²) >= 11 is 4.59. The van der Waals surface area contributed by atoms with E-state index in [1.54, 1.807) is 18.3 Å². The van der Waals surface area contributed by atoms with E-state index in [4.69, 9.17) is 0 Å². The van der Waals surface area contributed by atoms with Crippen LogP contribution in [-0.2, 0) is 4.79 Å². The van der Waals surface area contributed by atoms with E-state index in [1.165, 1.54) is 16.3 Å². The number of carbonyl (C=O) groups excluding carboxylic acids is 1. The molecule has 3 aromatic carbocycles. The molecule has 1 aromatic heterocycles. The number of thioether (sulfide) groups is 1. The predicted molar refractivity (Wildman–Crippen MR) is 128 cm³/mol. The van der Waals surface area contributed by atoms with Crippen molar-refractivity contribution in [3.8, 4) is 5.69 Å². The van der Waals surface area contributed by atoms with E-state index in [0.29, 0.717) is 21.7 Å². The van der Waals surface area contributed by atoms with Crippen LogP contribution in [0.15, 0.2) is 98.4 Å². The smallest absolute Gasteiger partial charge is 0.266 e. The maximum absolute atomic E-state index is 13.2. The van der Waals surface area contributed by atoms with E-state index in [2.05, 4.69) is 31.4 Å². The number of rotatable bonds is 6. The van der Waals surface area contributed by atoms with Crippen molar-refractivity contribution in [2.75, 3.05) is 5.75 Å². The van der Waals surface area contributed by atoms with Gasteiger partial charge in [-0.25, -0.2) is 10.4 Å². The number of para-hydroxylation sites is 1. The van der Waals surface area contributed by atoms with Gasteiger partial charge in [-0.1, -0.05) is 70.2 Å². The normalized spacial score (nSPS) is 11.1. The number of carbonyl (C=O) groups is 1. The van der Waals surface area contributed by atoms with Crippen molar-refractivity contribution < 1.29 is 4.79 Å². The third kappa shape index (κ3) is 5.10. The molecule has 0 aliphatic rings. The fourth-order valence-electron chi connectivity index (χ4n) is 2.91. The zero-order valence-electron chi connectivity index (χ0n) is 16.2. The maximum Gasteiger partial charge on any atom is 0.266 e. The first-order valence-corrected chi connectivity index (χ1v) is 11.2. The highest BCUT2D eigenvalue weighted by Crippen LogP contribution is 2.22. The molecule has 0 saturated heterocycles. The lowest BCUT2D eigenvalue weighted by Crippen LogP contribution is -2.24. The standard InChI is InChI=1S/C23H17BrN4O2S/c24-17-10-12-18(13-11-17)28-22(30)19-8-4-5-9-20(19)26-23(28)31-15-21(29)27-25-14-16-6-2-1-3-7-16/h1-14H,15H2,(H,27,29). The molecule has 1 N–H and O–H groups in total. The number of amides is 1. The molecule has 154 valence electrons. The van der Waals surface area contributed by atoms with E-state index >= 15 is 0 Å². The predicted octanol–water partition coefficient (Wildman–Crippen LogP) is 4.39. The third-order valence-electron chi connectivity index (χ3n) is 4.36. The van der Waals surface area contributed by atoms with Crippen molar-refractivity contribution in [2.24, 2.45) is 5.10 Å². The van der Waals surface area contributed by atoms with Gasteiger partial charge >= 0.3 is 0 Å². The monoisotopic (exact) mass is 492 g/mol. The summed E-state index contributed by atoms with van der Waals surface area (Å²) in [6.07, 6.45) is 1.58. The van der Waals surface area contributed by atoms with E-state index in [9.17, 15) is 9.59 Å². The Morgan fingerprint density at radius 2 is 1.74 bits per heavy atom. The minimum absolute atomic E-state index is 0.0629. The van der Waals surface area contributed by atoms with Crippen LogP contribution in [0.1, 0.15) is 5.56 Å². The molecule has 0 unspecified atom stereocenters. The molecule has 0 fully saturated rings. The molecule has 4 rings (SSSR count). The Bertz CT molecular complexity index is 1300. The summed E-state index contributed by atoms with van der Waals surface area (Å²) in [5.41, 5.74) is 4.48. The molecule has 8 heteroatoms. The van der Waals surface area contributed by atoms with E-state index in [-0.39, 0.29) is 17.2 Å². The quantitative estimate of drug-likeness (QED) is 0.187. The van der Waals surface area contributed by atoms with Crippen LogP contribution in [0.25, 0.3) is 16.6 Å². The van der Waals surface area contributed by atoms with Gasteiger partial charge in [0, 0.05) is 4.47 Å². The van der Waals surface area contributed by atoms with Crippen molar-refractivity contribution in [2.45, 2.75) is 5.16 Å². The van der Waals surface area contributed by atoms with Crippen molar-refractivity contribution in [3.05, 3.63) is 99.3 Å². The maximum atomic E-state index is 13.2. The van der Waals surface area contributed by atoms with E-state index < -0.39 is 0 Å². The molecule has 0 saturated carbocycles. The largest absolute Gasteiger partial charge is 0.272 e. The van der Waals surface area contributed by atoms with Gasteiger partial charge in [0.1, 0.15) is 0 Å². The topological polar surface area (TPSA) is 76.3 Å². The molecule has 0 radical (unpaired) electrons. The number of hydrogen-bond donors (Lipinski definition) is 1. The van der Waals surface area contributed by atoms with Gasteiger partial charge in [0.05, 0.1) is 28.6 Å². The zero-order valence-corrected chi connectivity index (χ0v) is 18.6. The Kier molecular flexibility index (Phi) is 6.59. The molecule has 0 atom stereocenters. The van der Waals surface area contributed by atoms with Crippen LogP contribution in [0, 0.1) is 0 Å². The highest BCUT2D eigenvalue weighted by Gasteiger charge is 2.14. The summed E-state index contributed by atoms with van der Waals surface area (Å²) in [7, 11) is 0. The number of halogens is 1.